The van der Waals surface area contributed by atoms with Crippen molar-refractivity contribution in [1.29, 1.82) is 0 Å². The molecule has 1 rings (SSSR count). The van der Waals surface area contributed by atoms with Crippen LogP contribution in [-0.2, 0) is 4.79 Å². The molecule has 112 valence electrons. The van der Waals surface area contributed by atoms with Gasteiger partial charge in [-0.25, -0.2) is 4.39 Å². The highest BCUT2D eigenvalue weighted by Crippen LogP contribution is 2.22. The summed E-state index contributed by atoms with van der Waals surface area (Å²) in [7, 11) is 0. The lowest BCUT2D eigenvalue weighted by Gasteiger charge is -2.18. The third kappa shape index (κ3) is 4.49. The topological polar surface area (TPSA) is 58.6 Å². The van der Waals surface area contributed by atoms with Gasteiger partial charge in [0, 0.05) is 6.04 Å². The minimum Gasteiger partial charge on any atom is -0.478 e. The molecule has 0 spiro atoms. The standard InChI is InChI=1S/C15H22FNO3/c1-5-9(2)17-15(19)11(4)20-14-7-6-12(10(3)18)8-13(14)16/h6-11,18H,5H2,1-4H3,(H,17,19). The SMILES string of the molecule is CCC(C)NC(=O)C(C)Oc1ccc(C(C)O)cc1F. The molecule has 0 bridgehead atoms. The van der Waals surface area contributed by atoms with Gasteiger partial charge in [-0.3, -0.25) is 4.79 Å². The second kappa shape index (κ2) is 7.24. The molecule has 3 atom stereocenters. The number of ether oxygens (including phenoxy) is 1. The Bertz CT molecular complexity index is 462. The summed E-state index contributed by atoms with van der Waals surface area (Å²) in [6.45, 7) is 6.98. The summed E-state index contributed by atoms with van der Waals surface area (Å²) in [6, 6.07) is 4.25. The average molecular weight is 283 g/mol. The fraction of sp³-hybridized carbons (Fsp3) is 0.533. The van der Waals surface area contributed by atoms with Gasteiger partial charge in [0.25, 0.3) is 5.91 Å². The van der Waals surface area contributed by atoms with Crippen molar-refractivity contribution in [3.63, 3.8) is 0 Å². The Kier molecular flexibility index (Phi) is 5.95. The number of carbonyl (C=O) groups excluding carboxylic acids is 1. The van der Waals surface area contributed by atoms with E-state index in [9.17, 15) is 14.3 Å². The Hall–Kier alpha value is -1.62. The van der Waals surface area contributed by atoms with Crippen molar-refractivity contribution in [3.8, 4) is 5.75 Å². The van der Waals surface area contributed by atoms with Crippen LogP contribution in [-0.4, -0.2) is 23.2 Å². The summed E-state index contributed by atoms with van der Waals surface area (Å²) >= 11 is 0. The summed E-state index contributed by atoms with van der Waals surface area (Å²) in [4.78, 5) is 11.8. The van der Waals surface area contributed by atoms with E-state index < -0.39 is 18.0 Å². The number of hydrogen-bond donors (Lipinski definition) is 2. The zero-order valence-electron chi connectivity index (χ0n) is 12.3. The fourth-order valence-electron chi connectivity index (χ4n) is 1.58. The van der Waals surface area contributed by atoms with E-state index in [1.807, 2.05) is 13.8 Å². The van der Waals surface area contributed by atoms with Crippen LogP contribution in [0.5, 0.6) is 5.75 Å². The van der Waals surface area contributed by atoms with E-state index in [4.69, 9.17) is 4.74 Å². The van der Waals surface area contributed by atoms with Crippen molar-refractivity contribution >= 4 is 5.91 Å². The summed E-state index contributed by atoms with van der Waals surface area (Å²) in [6.07, 6.45) is -0.712. The van der Waals surface area contributed by atoms with Gasteiger partial charge in [-0.2, -0.15) is 0 Å². The Morgan fingerprint density at radius 1 is 1.40 bits per heavy atom. The van der Waals surface area contributed by atoms with Gasteiger partial charge in [0.05, 0.1) is 6.10 Å². The molecule has 0 saturated carbocycles. The lowest BCUT2D eigenvalue weighted by Crippen LogP contribution is -2.41. The highest BCUT2D eigenvalue weighted by atomic mass is 19.1. The Balaban J connectivity index is 2.71. The first kappa shape index (κ1) is 16.4. The lowest BCUT2D eigenvalue weighted by atomic mass is 10.1. The molecule has 3 unspecified atom stereocenters. The summed E-state index contributed by atoms with van der Waals surface area (Å²) < 4.78 is 19.1. The van der Waals surface area contributed by atoms with Gasteiger partial charge < -0.3 is 15.2 Å². The van der Waals surface area contributed by atoms with Crippen LogP contribution in [0.15, 0.2) is 18.2 Å². The van der Waals surface area contributed by atoms with Gasteiger partial charge in [0.2, 0.25) is 0 Å². The summed E-state index contributed by atoms with van der Waals surface area (Å²) in [5, 5.41) is 12.1. The van der Waals surface area contributed by atoms with E-state index in [-0.39, 0.29) is 17.7 Å². The number of halogens is 1. The first-order chi connectivity index (χ1) is 9.35. The van der Waals surface area contributed by atoms with Crippen molar-refractivity contribution in [2.75, 3.05) is 0 Å². The van der Waals surface area contributed by atoms with Crippen molar-refractivity contribution in [1.82, 2.24) is 5.32 Å². The molecule has 0 aliphatic carbocycles. The van der Waals surface area contributed by atoms with Crippen LogP contribution in [0, 0.1) is 5.82 Å². The number of aliphatic hydroxyl groups is 1. The van der Waals surface area contributed by atoms with Crippen LogP contribution in [0.25, 0.3) is 0 Å². The molecule has 0 aromatic heterocycles. The van der Waals surface area contributed by atoms with E-state index in [1.165, 1.54) is 12.1 Å². The molecule has 20 heavy (non-hydrogen) atoms. The molecule has 0 aliphatic rings. The minimum atomic E-state index is -0.782. The average Bonchev–Trinajstić information content (AvgIpc) is 2.40. The number of rotatable bonds is 6. The molecule has 2 N–H and O–H groups in total. The van der Waals surface area contributed by atoms with Crippen molar-refractivity contribution in [2.45, 2.75) is 52.4 Å². The lowest BCUT2D eigenvalue weighted by molar-refractivity contribution is -0.127. The van der Waals surface area contributed by atoms with Crippen LogP contribution < -0.4 is 10.1 Å². The third-order valence-electron chi connectivity index (χ3n) is 3.11. The number of benzene rings is 1. The predicted molar refractivity (Wildman–Crippen MR) is 75.0 cm³/mol. The molecule has 1 aromatic carbocycles. The van der Waals surface area contributed by atoms with E-state index in [2.05, 4.69) is 5.32 Å². The molecule has 1 amide bonds. The predicted octanol–water partition coefficient (Wildman–Crippen LogP) is 2.56. The van der Waals surface area contributed by atoms with Crippen LogP contribution >= 0.6 is 0 Å². The molecular weight excluding hydrogens is 261 g/mol. The van der Waals surface area contributed by atoms with Crippen LogP contribution in [0.3, 0.4) is 0 Å². The maximum atomic E-state index is 13.8. The van der Waals surface area contributed by atoms with E-state index >= 15 is 0 Å². The number of hydrogen-bond acceptors (Lipinski definition) is 3. The van der Waals surface area contributed by atoms with E-state index in [1.54, 1.807) is 19.9 Å². The van der Waals surface area contributed by atoms with Gasteiger partial charge in [0.15, 0.2) is 17.7 Å². The first-order valence-corrected chi connectivity index (χ1v) is 6.79. The molecule has 0 aliphatic heterocycles. The monoisotopic (exact) mass is 283 g/mol. The molecule has 0 saturated heterocycles. The minimum absolute atomic E-state index is 0.00111. The zero-order valence-corrected chi connectivity index (χ0v) is 12.3. The summed E-state index contributed by atoms with van der Waals surface area (Å²) in [5.41, 5.74) is 0.464. The quantitative estimate of drug-likeness (QED) is 0.843. The van der Waals surface area contributed by atoms with E-state index in [0.29, 0.717) is 5.56 Å². The van der Waals surface area contributed by atoms with Gasteiger partial charge in [-0.15, -0.1) is 0 Å². The fourth-order valence-corrected chi connectivity index (χ4v) is 1.58. The second-order valence-corrected chi connectivity index (χ2v) is 4.94. The third-order valence-corrected chi connectivity index (χ3v) is 3.11. The highest BCUT2D eigenvalue weighted by Gasteiger charge is 2.18. The number of aliphatic hydroxyl groups excluding tert-OH is 1. The highest BCUT2D eigenvalue weighted by molar-refractivity contribution is 5.80. The Morgan fingerprint density at radius 2 is 2.05 bits per heavy atom. The zero-order chi connectivity index (χ0) is 15.3. The number of amides is 1. The van der Waals surface area contributed by atoms with Gasteiger partial charge in [-0.05, 0) is 44.9 Å². The first-order valence-electron chi connectivity index (χ1n) is 6.79. The second-order valence-electron chi connectivity index (χ2n) is 4.94. The Morgan fingerprint density at radius 3 is 2.55 bits per heavy atom. The molecule has 5 heteroatoms. The maximum Gasteiger partial charge on any atom is 0.260 e. The van der Waals surface area contributed by atoms with Gasteiger partial charge in [-0.1, -0.05) is 13.0 Å². The molecular formula is C15H22FNO3. The van der Waals surface area contributed by atoms with Gasteiger partial charge in [0.1, 0.15) is 0 Å². The summed E-state index contributed by atoms with van der Waals surface area (Å²) in [5.74, 6) is -0.869. The molecule has 0 fully saturated rings. The maximum absolute atomic E-state index is 13.8. The molecule has 0 radical (unpaired) electrons. The van der Waals surface area contributed by atoms with Crippen molar-refractivity contribution in [2.24, 2.45) is 0 Å². The van der Waals surface area contributed by atoms with Crippen LogP contribution in [0.4, 0.5) is 4.39 Å². The molecule has 4 nitrogen and oxygen atoms in total. The van der Waals surface area contributed by atoms with Crippen molar-refractivity contribution < 1.29 is 19.0 Å². The molecule has 1 aromatic rings. The van der Waals surface area contributed by atoms with Crippen LogP contribution in [0.2, 0.25) is 0 Å². The van der Waals surface area contributed by atoms with Gasteiger partial charge >= 0.3 is 0 Å². The van der Waals surface area contributed by atoms with E-state index in [0.717, 1.165) is 6.42 Å². The molecule has 0 heterocycles. The smallest absolute Gasteiger partial charge is 0.260 e. The number of carbonyl (C=O) groups is 1. The Labute approximate surface area is 119 Å². The van der Waals surface area contributed by atoms with Crippen LogP contribution in [0.1, 0.15) is 45.8 Å². The largest absolute Gasteiger partial charge is 0.478 e. The van der Waals surface area contributed by atoms with Crippen molar-refractivity contribution in [3.05, 3.63) is 29.6 Å². The number of nitrogens with one attached hydrogen (secondary N) is 1. The normalized spacial score (nSPS) is 15.3.